The molecule has 0 radical (unpaired) electrons. The first-order chi connectivity index (χ1) is 10.8. The lowest BCUT2D eigenvalue weighted by Crippen LogP contribution is -2.38. The molecule has 5 nitrogen and oxygen atoms in total. The number of hydrogen-bond acceptors (Lipinski definition) is 5. The van der Waals surface area contributed by atoms with E-state index in [1.807, 2.05) is 0 Å². The van der Waals surface area contributed by atoms with Crippen molar-refractivity contribution in [1.82, 2.24) is 0 Å². The monoisotopic (exact) mass is 370 g/mol. The number of halogens is 6. The highest BCUT2D eigenvalue weighted by Crippen LogP contribution is 2.27. The Morgan fingerprint density at radius 3 is 1.33 bits per heavy atom. The molecule has 11 heteroatoms. The number of methoxy groups -OCH3 is 2. The molecule has 0 saturated carbocycles. The first-order valence-electron chi connectivity index (χ1n) is 6.88. The van der Waals surface area contributed by atoms with Gasteiger partial charge in [0, 0.05) is 27.1 Å². The third-order valence-corrected chi connectivity index (χ3v) is 3.21. The number of Topliss-reactive ketones (excluding diaryl/α,β-unsaturated/α-hetero) is 1. The van der Waals surface area contributed by atoms with E-state index in [0.29, 0.717) is 0 Å². The van der Waals surface area contributed by atoms with Crippen LogP contribution in [0, 0.1) is 0 Å². The molecule has 0 heterocycles. The van der Waals surface area contributed by atoms with Crippen molar-refractivity contribution in [2.45, 2.75) is 62.5 Å². The molecule has 0 aromatic rings. The summed E-state index contributed by atoms with van der Waals surface area (Å²) in [5, 5.41) is 19.2. The first kappa shape index (κ1) is 23.1. The van der Waals surface area contributed by atoms with Crippen molar-refractivity contribution < 1.29 is 50.8 Å². The van der Waals surface area contributed by atoms with Crippen molar-refractivity contribution in [3.63, 3.8) is 0 Å². The summed E-state index contributed by atoms with van der Waals surface area (Å²) in [4.78, 5) is 11.7. The molecule has 0 amide bonds. The minimum absolute atomic E-state index is 0.747. The van der Waals surface area contributed by atoms with E-state index < -0.39 is 68.2 Å². The maximum absolute atomic E-state index is 12.3. The zero-order chi connectivity index (χ0) is 19.1. The van der Waals surface area contributed by atoms with Crippen LogP contribution in [-0.2, 0) is 14.3 Å². The maximum atomic E-state index is 12.3. The van der Waals surface area contributed by atoms with Gasteiger partial charge in [-0.1, -0.05) is 0 Å². The van der Waals surface area contributed by atoms with E-state index in [0.717, 1.165) is 14.2 Å². The van der Waals surface area contributed by atoms with Crippen molar-refractivity contribution in [2.75, 3.05) is 14.2 Å². The number of aliphatic hydroxyl groups excluding tert-OH is 2. The molecule has 0 bridgehead atoms. The molecule has 0 aliphatic heterocycles. The summed E-state index contributed by atoms with van der Waals surface area (Å²) >= 11 is 0. The van der Waals surface area contributed by atoms with Crippen LogP contribution < -0.4 is 0 Å². The quantitative estimate of drug-likeness (QED) is 0.576. The van der Waals surface area contributed by atoms with Crippen molar-refractivity contribution >= 4 is 5.78 Å². The Morgan fingerprint density at radius 1 is 0.833 bits per heavy atom. The smallest absolute Gasteiger partial charge is 0.385 e. The Balaban J connectivity index is 4.64. The summed E-state index contributed by atoms with van der Waals surface area (Å²) in [5.41, 5.74) is 0. The molecular formula is C13H20F6O5. The van der Waals surface area contributed by atoms with Crippen LogP contribution in [0.3, 0.4) is 0 Å². The minimum atomic E-state index is -4.59. The zero-order valence-electron chi connectivity index (χ0n) is 13.0. The number of hydrogen-bond donors (Lipinski definition) is 2. The summed E-state index contributed by atoms with van der Waals surface area (Å²) in [6.45, 7) is 0. The van der Waals surface area contributed by atoms with Crippen molar-refractivity contribution in [1.29, 1.82) is 0 Å². The van der Waals surface area contributed by atoms with E-state index in [2.05, 4.69) is 9.47 Å². The number of rotatable bonds is 10. The number of aliphatic hydroxyl groups is 2. The van der Waals surface area contributed by atoms with E-state index in [1.165, 1.54) is 0 Å². The second kappa shape index (κ2) is 9.54. The van der Waals surface area contributed by atoms with Crippen LogP contribution in [0.4, 0.5) is 26.3 Å². The largest absolute Gasteiger partial charge is 0.391 e. The van der Waals surface area contributed by atoms with Gasteiger partial charge in [0.05, 0.1) is 25.0 Å². The number of ketones is 1. The summed E-state index contributed by atoms with van der Waals surface area (Å²) < 4.78 is 82.6. The van der Waals surface area contributed by atoms with Gasteiger partial charge < -0.3 is 19.7 Å². The Labute approximate surface area is 134 Å². The van der Waals surface area contributed by atoms with Crippen LogP contribution in [0.1, 0.15) is 25.7 Å². The molecule has 0 aliphatic carbocycles. The average molecular weight is 370 g/mol. The predicted molar refractivity (Wildman–Crippen MR) is 69.2 cm³/mol. The zero-order valence-corrected chi connectivity index (χ0v) is 13.0. The Bertz CT molecular complexity index is 350. The Hall–Kier alpha value is -0.910. The van der Waals surface area contributed by atoms with Gasteiger partial charge in [-0.05, 0) is 0 Å². The molecular weight excluding hydrogens is 350 g/mol. The summed E-state index contributed by atoms with van der Waals surface area (Å²) in [6, 6.07) is 0. The van der Waals surface area contributed by atoms with Gasteiger partial charge in [-0.25, -0.2) is 0 Å². The molecule has 4 unspecified atom stereocenters. The predicted octanol–water partition coefficient (Wildman–Crippen LogP) is 1.99. The molecule has 144 valence electrons. The average Bonchev–Trinajstić information content (AvgIpc) is 2.41. The van der Waals surface area contributed by atoms with Gasteiger partial charge in [0.1, 0.15) is 12.2 Å². The third kappa shape index (κ3) is 10.1. The molecule has 2 N–H and O–H groups in total. The van der Waals surface area contributed by atoms with Crippen molar-refractivity contribution in [2.24, 2.45) is 0 Å². The molecule has 0 aromatic carbocycles. The summed E-state index contributed by atoms with van der Waals surface area (Å²) in [7, 11) is 1.91. The molecule has 0 saturated heterocycles. The van der Waals surface area contributed by atoms with Gasteiger partial charge in [0.25, 0.3) is 0 Å². The van der Waals surface area contributed by atoms with Crippen LogP contribution in [-0.4, -0.2) is 67.0 Å². The summed E-state index contributed by atoms with van der Waals surface area (Å²) in [6.07, 6.45) is -20.6. The lowest BCUT2D eigenvalue weighted by atomic mass is 9.98. The molecule has 0 spiro atoms. The first-order valence-corrected chi connectivity index (χ1v) is 6.88. The summed E-state index contributed by atoms with van der Waals surface area (Å²) in [5.74, 6) is -1.29. The van der Waals surface area contributed by atoms with Crippen LogP contribution in [0.2, 0.25) is 0 Å². The molecule has 0 aliphatic rings. The SMILES string of the molecule is COC(CC(O)C(=O)C(O)CC(CC(F)(F)F)OC)CC(F)(F)F. The fourth-order valence-corrected chi connectivity index (χ4v) is 1.99. The highest BCUT2D eigenvalue weighted by molar-refractivity contribution is 5.86. The van der Waals surface area contributed by atoms with Gasteiger partial charge in [0.2, 0.25) is 0 Å². The van der Waals surface area contributed by atoms with Crippen LogP contribution in [0.15, 0.2) is 0 Å². The lowest BCUT2D eigenvalue weighted by molar-refractivity contribution is -0.166. The second-order valence-electron chi connectivity index (χ2n) is 5.26. The fourth-order valence-electron chi connectivity index (χ4n) is 1.99. The van der Waals surface area contributed by atoms with Gasteiger partial charge in [-0.2, -0.15) is 26.3 Å². The minimum Gasteiger partial charge on any atom is -0.385 e. The Kier molecular flexibility index (Phi) is 9.18. The normalized spacial score (nSPS) is 18.1. The Morgan fingerprint density at radius 2 is 1.12 bits per heavy atom. The lowest BCUT2D eigenvalue weighted by Gasteiger charge is -2.23. The topological polar surface area (TPSA) is 76.0 Å². The van der Waals surface area contributed by atoms with E-state index in [1.54, 1.807) is 0 Å². The number of alkyl halides is 6. The highest BCUT2D eigenvalue weighted by atomic mass is 19.4. The molecule has 24 heavy (non-hydrogen) atoms. The third-order valence-electron chi connectivity index (χ3n) is 3.21. The standard InChI is InChI=1S/C13H20F6O5/c1-23-7(5-12(14,15)16)3-9(20)11(22)10(21)4-8(24-2)6-13(17,18)19/h7-10,20-21H,3-6H2,1-2H3. The molecule has 0 rings (SSSR count). The van der Waals surface area contributed by atoms with Crippen molar-refractivity contribution in [3.05, 3.63) is 0 Å². The highest BCUT2D eigenvalue weighted by Gasteiger charge is 2.37. The van der Waals surface area contributed by atoms with Gasteiger partial charge in [-0.15, -0.1) is 0 Å². The van der Waals surface area contributed by atoms with Gasteiger partial charge in [0.15, 0.2) is 5.78 Å². The number of carbonyl (C=O) groups excluding carboxylic acids is 1. The molecule has 0 aromatic heterocycles. The van der Waals surface area contributed by atoms with Crippen molar-refractivity contribution in [3.8, 4) is 0 Å². The van der Waals surface area contributed by atoms with E-state index in [-0.39, 0.29) is 0 Å². The molecule has 4 atom stereocenters. The molecule has 0 fully saturated rings. The number of carbonyl (C=O) groups is 1. The van der Waals surface area contributed by atoms with Crippen LogP contribution in [0.5, 0.6) is 0 Å². The fraction of sp³-hybridized carbons (Fsp3) is 0.923. The van der Waals surface area contributed by atoms with Crippen LogP contribution in [0.25, 0.3) is 0 Å². The maximum Gasteiger partial charge on any atom is 0.391 e. The van der Waals surface area contributed by atoms with E-state index >= 15 is 0 Å². The van der Waals surface area contributed by atoms with Gasteiger partial charge in [-0.3, -0.25) is 4.79 Å². The van der Waals surface area contributed by atoms with Gasteiger partial charge >= 0.3 is 12.4 Å². The number of ether oxygens (including phenoxy) is 2. The van der Waals surface area contributed by atoms with Crippen LogP contribution >= 0.6 is 0 Å². The van der Waals surface area contributed by atoms with E-state index in [4.69, 9.17) is 0 Å². The second-order valence-corrected chi connectivity index (χ2v) is 5.26. The van der Waals surface area contributed by atoms with E-state index in [9.17, 15) is 41.4 Å².